The minimum absolute atomic E-state index is 0.365. The summed E-state index contributed by atoms with van der Waals surface area (Å²) in [6.45, 7) is 2.16. The summed E-state index contributed by atoms with van der Waals surface area (Å²) < 4.78 is 27.9. The van der Waals surface area contributed by atoms with Crippen molar-refractivity contribution in [1.29, 1.82) is 0 Å². The first kappa shape index (κ1) is 18.3. The zero-order chi connectivity index (χ0) is 18.7. The third kappa shape index (κ3) is 4.00. The number of carbonyl (C=O) groups is 1. The zero-order valence-corrected chi connectivity index (χ0v) is 14.9. The lowest BCUT2D eigenvalue weighted by atomic mass is 9.93. The molecule has 0 saturated carbocycles. The minimum Gasteiger partial charge on any atom is -0.275 e. The normalized spacial score (nSPS) is 12.0. The molecule has 0 aliphatic rings. The van der Waals surface area contributed by atoms with E-state index in [1.807, 2.05) is 42.5 Å². The fraction of sp³-hybridized carbons (Fsp3) is 0.136. The van der Waals surface area contributed by atoms with E-state index in [9.17, 15) is 13.6 Å². The van der Waals surface area contributed by atoms with Crippen molar-refractivity contribution in [3.8, 4) is 11.1 Å². The summed E-state index contributed by atoms with van der Waals surface area (Å²) in [6.07, 6.45) is 0.868. The summed E-state index contributed by atoms with van der Waals surface area (Å²) in [5.41, 5.74) is 2.72. The molecular formula is C22H17ClF2O. The molecule has 26 heavy (non-hydrogen) atoms. The third-order valence-corrected chi connectivity index (χ3v) is 4.63. The van der Waals surface area contributed by atoms with E-state index >= 15 is 0 Å². The van der Waals surface area contributed by atoms with Crippen LogP contribution < -0.4 is 0 Å². The average Bonchev–Trinajstić information content (AvgIpc) is 2.62. The van der Waals surface area contributed by atoms with Crippen LogP contribution in [0.15, 0.2) is 66.7 Å². The third-order valence-electron chi connectivity index (χ3n) is 4.44. The molecule has 132 valence electrons. The molecule has 0 N–H and O–H groups in total. The molecule has 0 aliphatic heterocycles. The van der Waals surface area contributed by atoms with Crippen LogP contribution in [-0.4, -0.2) is 5.24 Å². The maximum absolute atomic E-state index is 13.9. The van der Waals surface area contributed by atoms with Gasteiger partial charge in [-0.2, -0.15) is 0 Å². The lowest BCUT2D eigenvalue weighted by Gasteiger charge is -2.12. The molecule has 3 aromatic rings. The Kier molecular flexibility index (Phi) is 5.48. The van der Waals surface area contributed by atoms with Gasteiger partial charge in [0.1, 0.15) is 17.2 Å². The van der Waals surface area contributed by atoms with Gasteiger partial charge >= 0.3 is 0 Å². The molecule has 4 heteroatoms. The standard InChI is InChI=1S/C22H17ClF2O/c1-14(16-5-3-2-4-6-16)11-15-7-9-17(10-8-15)18-12-19(24)21(22(23)26)20(25)13-18/h2-10,12-14H,11H2,1H3. The van der Waals surface area contributed by atoms with E-state index in [4.69, 9.17) is 11.6 Å². The van der Waals surface area contributed by atoms with E-state index in [1.165, 1.54) is 5.56 Å². The molecule has 0 saturated heterocycles. The quantitative estimate of drug-likeness (QED) is 0.478. The van der Waals surface area contributed by atoms with E-state index < -0.39 is 22.4 Å². The Labute approximate surface area is 156 Å². The first-order valence-corrected chi connectivity index (χ1v) is 8.66. The molecule has 0 aliphatic carbocycles. The Balaban J connectivity index is 1.81. The molecule has 0 radical (unpaired) electrons. The number of hydrogen-bond donors (Lipinski definition) is 0. The molecule has 0 amide bonds. The minimum atomic E-state index is -1.14. The average molecular weight is 371 g/mol. The second-order valence-electron chi connectivity index (χ2n) is 6.30. The maximum Gasteiger partial charge on any atom is 0.258 e. The van der Waals surface area contributed by atoms with Crippen molar-refractivity contribution < 1.29 is 13.6 Å². The van der Waals surface area contributed by atoms with Crippen LogP contribution in [0.5, 0.6) is 0 Å². The Bertz CT molecular complexity index is 898. The Morgan fingerprint density at radius 1 is 0.923 bits per heavy atom. The van der Waals surface area contributed by atoms with Gasteiger partial charge in [0.15, 0.2) is 0 Å². The van der Waals surface area contributed by atoms with Crippen LogP contribution in [0.1, 0.15) is 34.3 Å². The summed E-state index contributed by atoms with van der Waals surface area (Å²) >= 11 is 5.21. The van der Waals surface area contributed by atoms with Crippen LogP contribution in [0.3, 0.4) is 0 Å². The van der Waals surface area contributed by atoms with E-state index in [-0.39, 0.29) is 0 Å². The number of rotatable bonds is 5. The number of carbonyl (C=O) groups excluding carboxylic acids is 1. The predicted octanol–water partition coefficient (Wildman–Crippen LogP) is 6.36. The summed E-state index contributed by atoms with van der Waals surface area (Å²) in [6, 6.07) is 20.0. The zero-order valence-electron chi connectivity index (χ0n) is 14.2. The van der Waals surface area contributed by atoms with Gasteiger partial charge in [0.25, 0.3) is 5.24 Å². The van der Waals surface area contributed by atoms with E-state index in [2.05, 4.69) is 19.1 Å². The monoisotopic (exact) mass is 370 g/mol. The summed E-state index contributed by atoms with van der Waals surface area (Å²) in [5.74, 6) is -1.55. The molecule has 0 aromatic heterocycles. The van der Waals surface area contributed by atoms with Crippen LogP contribution in [-0.2, 0) is 6.42 Å². The SMILES string of the molecule is CC(Cc1ccc(-c2cc(F)c(C(=O)Cl)c(F)c2)cc1)c1ccccc1. The van der Waals surface area contributed by atoms with Gasteiger partial charge in [0, 0.05) is 0 Å². The second-order valence-corrected chi connectivity index (χ2v) is 6.64. The highest BCUT2D eigenvalue weighted by molar-refractivity contribution is 6.67. The Morgan fingerprint density at radius 3 is 2.04 bits per heavy atom. The van der Waals surface area contributed by atoms with Gasteiger partial charge in [-0.05, 0) is 58.3 Å². The van der Waals surface area contributed by atoms with E-state index in [0.717, 1.165) is 24.1 Å². The van der Waals surface area contributed by atoms with Crippen molar-refractivity contribution in [2.75, 3.05) is 0 Å². The topological polar surface area (TPSA) is 17.1 Å². The second kappa shape index (κ2) is 7.79. The van der Waals surface area contributed by atoms with Crippen molar-refractivity contribution in [2.24, 2.45) is 0 Å². The molecular weight excluding hydrogens is 354 g/mol. The molecule has 1 atom stereocenters. The number of benzene rings is 3. The lowest BCUT2D eigenvalue weighted by Crippen LogP contribution is -2.00. The molecule has 1 nitrogen and oxygen atoms in total. The van der Waals surface area contributed by atoms with Crippen LogP contribution >= 0.6 is 11.6 Å². The molecule has 3 rings (SSSR count). The van der Waals surface area contributed by atoms with Crippen molar-refractivity contribution in [3.05, 3.63) is 95.1 Å². The molecule has 0 bridgehead atoms. The van der Waals surface area contributed by atoms with Gasteiger partial charge < -0.3 is 0 Å². The van der Waals surface area contributed by atoms with Crippen LogP contribution in [0, 0.1) is 11.6 Å². The molecule has 0 spiro atoms. The van der Waals surface area contributed by atoms with E-state index in [0.29, 0.717) is 17.0 Å². The Morgan fingerprint density at radius 2 is 1.50 bits per heavy atom. The van der Waals surface area contributed by atoms with Gasteiger partial charge in [0.2, 0.25) is 0 Å². The smallest absolute Gasteiger partial charge is 0.258 e. The molecule has 1 unspecified atom stereocenters. The fourth-order valence-electron chi connectivity index (χ4n) is 3.01. The molecule has 0 heterocycles. The highest BCUT2D eigenvalue weighted by atomic mass is 35.5. The highest BCUT2D eigenvalue weighted by Crippen LogP contribution is 2.27. The van der Waals surface area contributed by atoms with Crippen LogP contribution in [0.25, 0.3) is 11.1 Å². The summed E-state index contributed by atoms with van der Waals surface area (Å²) in [7, 11) is 0. The molecule has 0 fully saturated rings. The van der Waals surface area contributed by atoms with Gasteiger partial charge in [0.05, 0.1) is 0 Å². The van der Waals surface area contributed by atoms with Crippen LogP contribution in [0.4, 0.5) is 8.78 Å². The summed E-state index contributed by atoms with van der Waals surface area (Å²) in [5, 5.41) is -1.14. The van der Waals surface area contributed by atoms with Crippen molar-refractivity contribution in [1.82, 2.24) is 0 Å². The Hall–Kier alpha value is -2.52. The predicted molar refractivity (Wildman–Crippen MR) is 101 cm³/mol. The van der Waals surface area contributed by atoms with Crippen molar-refractivity contribution in [3.63, 3.8) is 0 Å². The first-order valence-electron chi connectivity index (χ1n) is 8.29. The largest absolute Gasteiger partial charge is 0.275 e. The summed E-state index contributed by atoms with van der Waals surface area (Å²) in [4.78, 5) is 11.1. The highest BCUT2D eigenvalue weighted by Gasteiger charge is 2.17. The molecule has 3 aromatic carbocycles. The maximum atomic E-state index is 13.9. The number of halogens is 3. The van der Waals surface area contributed by atoms with Crippen molar-refractivity contribution in [2.45, 2.75) is 19.3 Å². The van der Waals surface area contributed by atoms with Crippen molar-refractivity contribution >= 4 is 16.8 Å². The fourth-order valence-corrected chi connectivity index (χ4v) is 3.19. The van der Waals surface area contributed by atoms with Gasteiger partial charge in [-0.15, -0.1) is 0 Å². The number of hydrogen-bond acceptors (Lipinski definition) is 1. The lowest BCUT2D eigenvalue weighted by molar-refractivity contribution is 0.107. The van der Waals surface area contributed by atoms with Gasteiger partial charge in [-0.25, -0.2) is 8.78 Å². The van der Waals surface area contributed by atoms with Gasteiger partial charge in [-0.1, -0.05) is 61.5 Å². The van der Waals surface area contributed by atoms with Crippen LogP contribution in [0.2, 0.25) is 0 Å². The van der Waals surface area contributed by atoms with Gasteiger partial charge in [-0.3, -0.25) is 4.79 Å². The first-order chi connectivity index (χ1) is 12.5. The van der Waals surface area contributed by atoms with E-state index in [1.54, 1.807) is 0 Å².